The number of nitrogens with zero attached hydrogens (tertiary/aromatic N) is 2. The number of carboxylic acid groups (broad SMARTS) is 1. The topological polar surface area (TPSA) is 101 Å². The molecule has 0 spiro atoms. The number of aryl methyl sites for hydroxylation is 2. The zero-order chi connectivity index (χ0) is 15.8. The zero-order valence-corrected chi connectivity index (χ0v) is 12.5. The van der Waals surface area contributed by atoms with Gasteiger partial charge in [0.1, 0.15) is 22.0 Å². The fourth-order valence-electron chi connectivity index (χ4n) is 2.04. The zero-order valence-electron chi connectivity index (χ0n) is 11.7. The molecule has 0 atom stereocenters. The summed E-state index contributed by atoms with van der Waals surface area (Å²) in [6.45, 7) is 2.84. The predicted octanol–water partition coefficient (Wildman–Crippen LogP) is 1.81. The Bertz CT molecular complexity index is 780. The molecule has 0 aromatic carbocycles. The fourth-order valence-corrected chi connectivity index (χ4v) is 3.59. The van der Waals surface area contributed by atoms with Gasteiger partial charge in [-0.1, -0.05) is 0 Å². The number of aromatic nitrogens is 1. The van der Waals surface area contributed by atoms with Crippen molar-refractivity contribution in [2.45, 2.75) is 18.7 Å². The average Bonchev–Trinajstić information content (AvgIpc) is 2.74. The first kappa shape index (κ1) is 15.0. The highest BCUT2D eigenvalue weighted by atomic mass is 32.2. The van der Waals surface area contributed by atoms with Gasteiger partial charge in [-0.25, -0.2) is 13.2 Å². The minimum Gasteiger partial charge on any atom is -0.478 e. The van der Waals surface area contributed by atoms with Crippen LogP contribution in [0.15, 0.2) is 33.8 Å². The monoisotopic (exact) mass is 310 g/mol. The normalized spacial score (nSPS) is 11.4. The Morgan fingerprint density at radius 2 is 2.00 bits per heavy atom. The number of pyridine rings is 1. The summed E-state index contributed by atoms with van der Waals surface area (Å²) in [5.74, 6) is -1.25. The van der Waals surface area contributed by atoms with E-state index in [-0.39, 0.29) is 22.0 Å². The van der Waals surface area contributed by atoms with E-state index in [9.17, 15) is 18.3 Å². The van der Waals surface area contributed by atoms with E-state index in [0.717, 1.165) is 4.31 Å². The standard InChI is InChI=1S/C13H14N2O5S/c1-8-11(13(16)17)12(9(2)20-8)21(18,19)15(3)10-5-4-6-14-7-10/h4-7H,1-3H3,(H,16,17). The molecule has 0 unspecified atom stereocenters. The minimum atomic E-state index is -4.06. The minimum absolute atomic E-state index is 0.0423. The Hall–Kier alpha value is -2.35. The van der Waals surface area contributed by atoms with Gasteiger partial charge in [0.25, 0.3) is 10.0 Å². The largest absolute Gasteiger partial charge is 0.478 e. The molecule has 2 heterocycles. The molecule has 2 aromatic heterocycles. The van der Waals surface area contributed by atoms with Gasteiger partial charge < -0.3 is 9.52 Å². The fraction of sp³-hybridized carbons (Fsp3) is 0.231. The van der Waals surface area contributed by atoms with Gasteiger partial charge in [0.2, 0.25) is 0 Å². The second-order valence-electron chi connectivity index (χ2n) is 4.41. The Morgan fingerprint density at radius 3 is 2.52 bits per heavy atom. The van der Waals surface area contributed by atoms with E-state index >= 15 is 0 Å². The van der Waals surface area contributed by atoms with Gasteiger partial charge in [-0.2, -0.15) is 0 Å². The van der Waals surface area contributed by atoms with Crippen molar-refractivity contribution in [1.29, 1.82) is 0 Å². The first-order valence-electron chi connectivity index (χ1n) is 5.99. The molecule has 0 fully saturated rings. The number of anilines is 1. The van der Waals surface area contributed by atoms with Crippen LogP contribution in [-0.4, -0.2) is 31.5 Å². The van der Waals surface area contributed by atoms with Crippen LogP contribution in [-0.2, 0) is 10.0 Å². The quantitative estimate of drug-likeness (QED) is 0.924. The lowest BCUT2D eigenvalue weighted by Gasteiger charge is -2.18. The third kappa shape index (κ3) is 2.49. The molecular formula is C13H14N2O5S. The van der Waals surface area contributed by atoms with Gasteiger partial charge in [-0.3, -0.25) is 9.29 Å². The summed E-state index contributed by atoms with van der Waals surface area (Å²) in [6, 6.07) is 3.15. The van der Waals surface area contributed by atoms with Crippen LogP contribution in [0.4, 0.5) is 5.69 Å². The van der Waals surface area contributed by atoms with E-state index in [4.69, 9.17) is 4.42 Å². The van der Waals surface area contributed by atoms with Crippen LogP contribution in [0, 0.1) is 13.8 Å². The second-order valence-corrected chi connectivity index (χ2v) is 6.31. The maximum atomic E-state index is 12.7. The highest BCUT2D eigenvalue weighted by Crippen LogP contribution is 2.30. The SMILES string of the molecule is Cc1oc(C)c(S(=O)(=O)N(C)c2cccnc2)c1C(=O)O. The van der Waals surface area contributed by atoms with E-state index in [1.807, 2.05) is 0 Å². The lowest BCUT2D eigenvalue weighted by Crippen LogP contribution is -2.28. The summed E-state index contributed by atoms with van der Waals surface area (Å²) >= 11 is 0. The molecular weight excluding hydrogens is 296 g/mol. The Morgan fingerprint density at radius 1 is 1.33 bits per heavy atom. The molecule has 0 aliphatic rings. The van der Waals surface area contributed by atoms with Gasteiger partial charge in [-0.05, 0) is 26.0 Å². The molecule has 112 valence electrons. The lowest BCUT2D eigenvalue weighted by molar-refractivity contribution is 0.0691. The highest BCUT2D eigenvalue weighted by molar-refractivity contribution is 7.93. The van der Waals surface area contributed by atoms with Crippen LogP contribution >= 0.6 is 0 Å². The molecule has 0 saturated heterocycles. The molecule has 8 heteroatoms. The summed E-state index contributed by atoms with van der Waals surface area (Å²) < 4.78 is 31.5. The van der Waals surface area contributed by atoms with Crippen molar-refractivity contribution in [2.24, 2.45) is 0 Å². The summed E-state index contributed by atoms with van der Waals surface area (Å²) in [4.78, 5) is 14.8. The van der Waals surface area contributed by atoms with Gasteiger partial charge in [-0.15, -0.1) is 0 Å². The maximum Gasteiger partial charge on any atom is 0.340 e. The third-order valence-corrected chi connectivity index (χ3v) is 4.99. The molecule has 1 N–H and O–H groups in total. The molecule has 7 nitrogen and oxygen atoms in total. The molecule has 0 saturated carbocycles. The average molecular weight is 310 g/mol. The first-order chi connectivity index (χ1) is 9.76. The number of carboxylic acids is 1. The van der Waals surface area contributed by atoms with Gasteiger partial charge in [0.05, 0.1) is 11.9 Å². The van der Waals surface area contributed by atoms with Crippen molar-refractivity contribution in [3.05, 3.63) is 41.6 Å². The molecule has 2 aromatic rings. The van der Waals surface area contributed by atoms with Crippen molar-refractivity contribution >= 4 is 21.7 Å². The van der Waals surface area contributed by atoms with Crippen LogP contribution < -0.4 is 4.31 Å². The number of aromatic carboxylic acids is 1. The number of hydrogen-bond acceptors (Lipinski definition) is 5. The molecule has 21 heavy (non-hydrogen) atoms. The first-order valence-corrected chi connectivity index (χ1v) is 7.43. The van der Waals surface area contributed by atoms with Crippen LogP contribution in [0.25, 0.3) is 0 Å². The Labute approximate surface area is 121 Å². The maximum absolute atomic E-state index is 12.7. The molecule has 0 aliphatic heterocycles. The van der Waals surface area contributed by atoms with E-state index in [2.05, 4.69) is 4.98 Å². The van der Waals surface area contributed by atoms with Crippen LogP contribution in [0.1, 0.15) is 21.9 Å². The summed E-state index contributed by atoms with van der Waals surface area (Å²) in [7, 11) is -2.73. The van der Waals surface area contributed by atoms with E-state index in [1.165, 1.54) is 33.3 Å². The lowest BCUT2D eigenvalue weighted by atomic mass is 10.2. The van der Waals surface area contributed by atoms with Crippen molar-refractivity contribution in [2.75, 3.05) is 11.4 Å². The molecule has 0 radical (unpaired) electrons. The number of carbonyl (C=O) groups is 1. The molecule has 0 bridgehead atoms. The Kier molecular flexibility index (Phi) is 3.73. The summed E-state index contributed by atoms with van der Waals surface area (Å²) in [5.41, 5.74) is -0.0182. The molecule has 0 aliphatic carbocycles. The van der Waals surface area contributed by atoms with E-state index in [0.29, 0.717) is 5.69 Å². The second kappa shape index (κ2) is 5.21. The third-order valence-electron chi connectivity index (χ3n) is 3.05. The van der Waals surface area contributed by atoms with Crippen LogP contribution in [0.2, 0.25) is 0 Å². The van der Waals surface area contributed by atoms with Gasteiger partial charge in [0.15, 0.2) is 0 Å². The number of furan rings is 1. The highest BCUT2D eigenvalue weighted by Gasteiger charge is 2.33. The van der Waals surface area contributed by atoms with Crippen LogP contribution in [0.5, 0.6) is 0 Å². The van der Waals surface area contributed by atoms with Crippen LogP contribution in [0.3, 0.4) is 0 Å². The van der Waals surface area contributed by atoms with Crippen molar-refractivity contribution in [3.8, 4) is 0 Å². The predicted molar refractivity (Wildman–Crippen MR) is 75.0 cm³/mol. The van der Waals surface area contributed by atoms with Crippen molar-refractivity contribution < 1.29 is 22.7 Å². The molecule has 2 rings (SSSR count). The van der Waals surface area contributed by atoms with Gasteiger partial charge >= 0.3 is 5.97 Å². The number of hydrogen-bond donors (Lipinski definition) is 1. The van der Waals surface area contributed by atoms with Gasteiger partial charge in [0, 0.05) is 13.2 Å². The number of rotatable bonds is 4. The Balaban J connectivity index is 2.63. The van der Waals surface area contributed by atoms with Crippen molar-refractivity contribution in [1.82, 2.24) is 4.98 Å². The van der Waals surface area contributed by atoms with Crippen molar-refractivity contribution in [3.63, 3.8) is 0 Å². The smallest absolute Gasteiger partial charge is 0.340 e. The summed E-state index contributed by atoms with van der Waals surface area (Å²) in [6.07, 6.45) is 2.89. The van der Waals surface area contributed by atoms with E-state index in [1.54, 1.807) is 12.1 Å². The van der Waals surface area contributed by atoms with E-state index < -0.39 is 16.0 Å². The summed E-state index contributed by atoms with van der Waals surface area (Å²) in [5, 5.41) is 9.22. The number of sulfonamides is 1. The molecule has 0 amide bonds.